The molecule has 2 N–H and O–H groups in total. The summed E-state index contributed by atoms with van der Waals surface area (Å²) < 4.78 is 22.2. The molecule has 1 unspecified atom stereocenters. The number of nitrogen functional groups attached to an aromatic ring is 1. The molecule has 2 heterocycles. The Morgan fingerprint density at radius 2 is 2.00 bits per heavy atom. The third-order valence-corrected chi connectivity index (χ3v) is 5.19. The maximum atomic E-state index is 11.7. The number of aromatic nitrogens is 2. The number of rotatable bonds is 8. The second-order valence-corrected chi connectivity index (χ2v) is 7.62. The third-order valence-electron chi connectivity index (χ3n) is 4.86. The molecule has 0 amide bonds. The zero-order valence-electron chi connectivity index (χ0n) is 18.6. The van der Waals surface area contributed by atoms with Crippen LogP contribution in [0.1, 0.15) is 37.6 Å². The summed E-state index contributed by atoms with van der Waals surface area (Å²) in [5, 5.41) is 0.464. The predicted molar refractivity (Wildman–Crippen MR) is 121 cm³/mol. The standard InChI is InChI=1S/C22H29ClN4O5/c1-4-30-18-10-15(16(23)11-19(18)32-13-21(28)31-5-2)17-12-29-8-6-7-27(17)20-9-14(3)25-22(24)26-20/h9-11,17H,4-8,12-13H2,1-3H3,(H2,24,25,26). The van der Waals surface area contributed by atoms with Gasteiger partial charge in [0.05, 0.1) is 25.9 Å². The van der Waals surface area contributed by atoms with E-state index in [9.17, 15) is 4.79 Å². The van der Waals surface area contributed by atoms with Gasteiger partial charge in [0.25, 0.3) is 0 Å². The summed E-state index contributed by atoms with van der Waals surface area (Å²) in [5.41, 5.74) is 7.48. The minimum atomic E-state index is -0.463. The number of carbonyl (C=O) groups excluding carboxylic acids is 1. The van der Waals surface area contributed by atoms with Crippen molar-refractivity contribution in [3.63, 3.8) is 0 Å². The number of anilines is 2. The first kappa shape index (κ1) is 23.9. The molecule has 1 fully saturated rings. The van der Waals surface area contributed by atoms with Crippen LogP contribution in [0, 0.1) is 6.92 Å². The van der Waals surface area contributed by atoms with Gasteiger partial charge in [-0.1, -0.05) is 11.6 Å². The first-order valence-corrected chi connectivity index (χ1v) is 11.0. The van der Waals surface area contributed by atoms with Crippen molar-refractivity contribution in [2.24, 2.45) is 0 Å². The zero-order valence-corrected chi connectivity index (χ0v) is 19.4. The van der Waals surface area contributed by atoms with Gasteiger partial charge in [-0.25, -0.2) is 9.78 Å². The molecule has 1 aromatic heterocycles. The summed E-state index contributed by atoms with van der Waals surface area (Å²) in [6.45, 7) is 7.71. The number of nitrogens with two attached hydrogens (primary N) is 1. The van der Waals surface area contributed by atoms with Crippen LogP contribution in [-0.4, -0.2) is 55.5 Å². The van der Waals surface area contributed by atoms with E-state index in [-0.39, 0.29) is 25.2 Å². The highest BCUT2D eigenvalue weighted by molar-refractivity contribution is 6.31. The van der Waals surface area contributed by atoms with E-state index in [0.29, 0.717) is 48.7 Å². The Hall–Kier alpha value is -2.78. The van der Waals surface area contributed by atoms with E-state index in [1.165, 1.54) is 0 Å². The van der Waals surface area contributed by atoms with E-state index in [1.807, 2.05) is 26.0 Å². The van der Waals surface area contributed by atoms with Crippen LogP contribution in [-0.2, 0) is 14.3 Å². The van der Waals surface area contributed by atoms with Gasteiger partial charge < -0.3 is 29.6 Å². The van der Waals surface area contributed by atoms with Gasteiger partial charge in [-0.15, -0.1) is 0 Å². The summed E-state index contributed by atoms with van der Waals surface area (Å²) in [6.07, 6.45) is 0.829. The second-order valence-electron chi connectivity index (χ2n) is 7.21. The highest BCUT2D eigenvalue weighted by Gasteiger charge is 2.28. The van der Waals surface area contributed by atoms with E-state index < -0.39 is 5.97 Å². The molecule has 0 aliphatic carbocycles. The molecule has 0 saturated carbocycles. The molecule has 174 valence electrons. The SMILES string of the molecule is CCOC(=O)COc1cc(Cl)c(C2COCCCN2c2cc(C)nc(N)n2)cc1OCC. The Labute approximate surface area is 192 Å². The predicted octanol–water partition coefficient (Wildman–Crippen LogP) is 3.33. The molecule has 1 atom stereocenters. The fourth-order valence-electron chi connectivity index (χ4n) is 3.56. The largest absolute Gasteiger partial charge is 0.490 e. The number of hydrogen-bond acceptors (Lipinski definition) is 9. The summed E-state index contributed by atoms with van der Waals surface area (Å²) >= 11 is 6.69. The number of nitrogens with zero attached hydrogens (tertiary/aromatic N) is 3. The lowest BCUT2D eigenvalue weighted by atomic mass is 10.0. The Bertz CT molecular complexity index is 923. The molecule has 1 saturated heterocycles. The van der Waals surface area contributed by atoms with Crippen molar-refractivity contribution < 1.29 is 23.7 Å². The van der Waals surface area contributed by atoms with Gasteiger partial charge in [-0.2, -0.15) is 4.98 Å². The quantitative estimate of drug-likeness (QED) is 0.588. The van der Waals surface area contributed by atoms with Crippen molar-refractivity contribution in [2.45, 2.75) is 33.2 Å². The first-order valence-electron chi connectivity index (χ1n) is 10.6. The lowest BCUT2D eigenvalue weighted by Gasteiger charge is -2.32. The molecule has 0 bridgehead atoms. The minimum absolute atomic E-state index is 0.215. The lowest BCUT2D eigenvalue weighted by Crippen LogP contribution is -2.32. The highest BCUT2D eigenvalue weighted by atomic mass is 35.5. The molecule has 1 aliphatic rings. The van der Waals surface area contributed by atoms with E-state index in [0.717, 1.165) is 17.7 Å². The molecule has 0 radical (unpaired) electrons. The Morgan fingerprint density at radius 1 is 1.22 bits per heavy atom. The smallest absolute Gasteiger partial charge is 0.344 e. The summed E-state index contributed by atoms with van der Waals surface area (Å²) in [5.74, 6) is 1.32. The monoisotopic (exact) mass is 464 g/mol. The Morgan fingerprint density at radius 3 is 2.72 bits per heavy atom. The van der Waals surface area contributed by atoms with Crippen molar-refractivity contribution >= 4 is 29.3 Å². The molecular weight excluding hydrogens is 436 g/mol. The van der Waals surface area contributed by atoms with Crippen LogP contribution >= 0.6 is 11.6 Å². The van der Waals surface area contributed by atoms with Crippen LogP contribution in [0.4, 0.5) is 11.8 Å². The van der Waals surface area contributed by atoms with E-state index in [1.54, 1.807) is 13.0 Å². The maximum Gasteiger partial charge on any atom is 0.344 e. The van der Waals surface area contributed by atoms with Gasteiger partial charge in [-0.05, 0) is 38.8 Å². The van der Waals surface area contributed by atoms with Crippen LogP contribution in [0.25, 0.3) is 0 Å². The normalized spacial score (nSPS) is 16.4. The lowest BCUT2D eigenvalue weighted by molar-refractivity contribution is -0.145. The number of carbonyl (C=O) groups is 1. The molecule has 2 aromatic rings. The van der Waals surface area contributed by atoms with Gasteiger partial charge in [0, 0.05) is 36.0 Å². The van der Waals surface area contributed by atoms with Gasteiger partial charge in [0.15, 0.2) is 18.1 Å². The Balaban J connectivity index is 1.97. The second kappa shape index (κ2) is 11.2. The van der Waals surface area contributed by atoms with Crippen molar-refractivity contribution in [1.82, 2.24) is 9.97 Å². The molecule has 10 heteroatoms. The topological polar surface area (TPSA) is 109 Å². The van der Waals surface area contributed by atoms with E-state index in [2.05, 4.69) is 14.9 Å². The van der Waals surface area contributed by atoms with E-state index >= 15 is 0 Å². The third kappa shape index (κ3) is 5.92. The first-order chi connectivity index (χ1) is 15.4. The molecule has 0 spiro atoms. The zero-order chi connectivity index (χ0) is 23.1. The summed E-state index contributed by atoms with van der Waals surface area (Å²) in [7, 11) is 0. The fourth-order valence-corrected chi connectivity index (χ4v) is 3.84. The van der Waals surface area contributed by atoms with Crippen LogP contribution in [0.2, 0.25) is 5.02 Å². The fraction of sp³-hybridized carbons (Fsp3) is 0.500. The minimum Gasteiger partial charge on any atom is -0.490 e. The van der Waals surface area contributed by atoms with Crippen molar-refractivity contribution in [3.05, 3.63) is 34.5 Å². The highest BCUT2D eigenvalue weighted by Crippen LogP contribution is 2.40. The van der Waals surface area contributed by atoms with Crippen LogP contribution < -0.4 is 20.1 Å². The van der Waals surface area contributed by atoms with Crippen LogP contribution in [0.5, 0.6) is 11.5 Å². The number of halogens is 1. The molecule has 3 rings (SSSR count). The molecule has 32 heavy (non-hydrogen) atoms. The van der Waals surface area contributed by atoms with Crippen molar-refractivity contribution in [2.75, 3.05) is 50.2 Å². The number of benzene rings is 1. The van der Waals surface area contributed by atoms with Gasteiger partial charge in [0.1, 0.15) is 5.82 Å². The number of hydrogen-bond donors (Lipinski definition) is 1. The number of aryl methyl sites for hydroxylation is 1. The molecule has 9 nitrogen and oxygen atoms in total. The average molecular weight is 465 g/mol. The maximum absolute atomic E-state index is 11.7. The summed E-state index contributed by atoms with van der Waals surface area (Å²) in [6, 6.07) is 5.15. The molecule has 1 aromatic carbocycles. The number of esters is 1. The number of ether oxygens (including phenoxy) is 4. The van der Waals surface area contributed by atoms with Gasteiger partial charge in [0.2, 0.25) is 5.95 Å². The average Bonchev–Trinajstić information content (AvgIpc) is 2.99. The van der Waals surface area contributed by atoms with Gasteiger partial charge in [-0.3, -0.25) is 0 Å². The van der Waals surface area contributed by atoms with Crippen molar-refractivity contribution in [3.8, 4) is 11.5 Å². The Kier molecular flexibility index (Phi) is 8.35. The van der Waals surface area contributed by atoms with Crippen LogP contribution in [0.15, 0.2) is 18.2 Å². The molecular formula is C22H29ClN4O5. The molecule has 1 aliphatic heterocycles. The van der Waals surface area contributed by atoms with Crippen molar-refractivity contribution in [1.29, 1.82) is 0 Å². The van der Waals surface area contributed by atoms with E-state index in [4.69, 9.17) is 36.3 Å². The van der Waals surface area contributed by atoms with Gasteiger partial charge >= 0.3 is 5.97 Å². The summed E-state index contributed by atoms with van der Waals surface area (Å²) in [4.78, 5) is 22.4. The van der Waals surface area contributed by atoms with Crippen LogP contribution in [0.3, 0.4) is 0 Å².